The number of nitrogens with one attached hydrogen (secondary N) is 2. The van der Waals surface area contributed by atoms with Crippen LogP contribution in [0.4, 0.5) is 0 Å². The van der Waals surface area contributed by atoms with E-state index in [1.165, 1.54) is 6.42 Å². The standard InChI is InChI=1S/C20H24N2O3/c1-23-16-5-7-18-14(11-16)10-15(22-18)12-21-13-17-6-8-20(25-17)19-4-2-3-9-24-19/h5-8,10-11,19,21-22H,2-4,9,12-13H2,1H3. The van der Waals surface area contributed by atoms with Crippen molar-refractivity contribution < 1.29 is 13.9 Å². The zero-order valence-electron chi connectivity index (χ0n) is 14.5. The van der Waals surface area contributed by atoms with Gasteiger partial charge in [0.25, 0.3) is 0 Å². The molecule has 0 saturated carbocycles. The summed E-state index contributed by atoms with van der Waals surface area (Å²) in [5.74, 6) is 2.77. The number of rotatable bonds is 6. The molecule has 1 fully saturated rings. The lowest BCUT2D eigenvalue weighted by Crippen LogP contribution is -2.12. The predicted molar refractivity (Wildman–Crippen MR) is 96.6 cm³/mol. The van der Waals surface area contributed by atoms with Crippen LogP contribution in [0.2, 0.25) is 0 Å². The summed E-state index contributed by atoms with van der Waals surface area (Å²) in [5, 5.41) is 4.58. The number of aromatic nitrogens is 1. The molecule has 1 aromatic carbocycles. The van der Waals surface area contributed by atoms with Gasteiger partial charge >= 0.3 is 0 Å². The molecule has 0 spiro atoms. The van der Waals surface area contributed by atoms with Gasteiger partial charge in [0.05, 0.1) is 13.7 Å². The van der Waals surface area contributed by atoms with Crippen molar-refractivity contribution in [3.63, 3.8) is 0 Å². The average molecular weight is 340 g/mol. The monoisotopic (exact) mass is 340 g/mol. The number of hydrogen-bond acceptors (Lipinski definition) is 4. The molecule has 3 heterocycles. The number of aromatic amines is 1. The number of benzene rings is 1. The molecule has 0 aliphatic carbocycles. The van der Waals surface area contributed by atoms with Gasteiger partial charge in [-0.3, -0.25) is 0 Å². The van der Waals surface area contributed by atoms with Gasteiger partial charge in [-0.25, -0.2) is 0 Å². The van der Waals surface area contributed by atoms with E-state index in [1.54, 1.807) is 7.11 Å². The van der Waals surface area contributed by atoms with Crippen LogP contribution in [-0.2, 0) is 17.8 Å². The maximum Gasteiger partial charge on any atom is 0.133 e. The number of fused-ring (bicyclic) bond motifs is 1. The van der Waals surface area contributed by atoms with Gasteiger partial charge in [0.15, 0.2) is 0 Å². The molecule has 132 valence electrons. The van der Waals surface area contributed by atoms with Gasteiger partial charge in [-0.2, -0.15) is 0 Å². The molecule has 2 aromatic heterocycles. The van der Waals surface area contributed by atoms with Crippen LogP contribution >= 0.6 is 0 Å². The lowest BCUT2D eigenvalue weighted by Gasteiger charge is -2.20. The summed E-state index contributed by atoms with van der Waals surface area (Å²) in [6.07, 6.45) is 3.55. The maximum absolute atomic E-state index is 5.94. The molecule has 1 atom stereocenters. The molecule has 1 aliphatic heterocycles. The van der Waals surface area contributed by atoms with E-state index < -0.39 is 0 Å². The first-order chi connectivity index (χ1) is 12.3. The smallest absolute Gasteiger partial charge is 0.133 e. The highest BCUT2D eigenvalue weighted by atomic mass is 16.5. The van der Waals surface area contributed by atoms with Crippen molar-refractivity contribution >= 4 is 10.9 Å². The Kier molecular flexibility index (Phi) is 4.76. The van der Waals surface area contributed by atoms with Crippen LogP contribution in [0.25, 0.3) is 10.9 Å². The summed E-state index contributed by atoms with van der Waals surface area (Å²) in [5.41, 5.74) is 2.26. The zero-order valence-corrected chi connectivity index (χ0v) is 14.5. The number of methoxy groups -OCH3 is 1. The van der Waals surface area contributed by atoms with E-state index in [0.717, 1.165) is 59.9 Å². The van der Waals surface area contributed by atoms with Crippen LogP contribution in [0, 0.1) is 0 Å². The summed E-state index contributed by atoms with van der Waals surface area (Å²) in [6.45, 7) is 2.29. The molecule has 5 nitrogen and oxygen atoms in total. The van der Waals surface area contributed by atoms with Crippen LogP contribution in [-0.4, -0.2) is 18.7 Å². The first-order valence-electron chi connectivity index (χ1n) is 8.88. The quantitative estimate of drug-likeness (QED) is 0.702. The minimum Gasteiger partial charge on any atom is -0.497 e. The van der Waals surface area contributed by atoms with Crippen molar-refractivity contribution in [1.29, 1.82) is 0 Å². The SMILES string of the molecule is COc1ccc2[nH]c(CNCc3ccc(C4CCCCO4)o3)cc2c1. The van der Waals surface area contributed by atoms with Gasteiger partial charge in [-0.15, -0.1) is 0 Å². The van der Waals surface area contributed by atoms with Crippen LogP contribution in [0.5, 0.6) is 5.75 Å². The number of H-pyrrole nitrogens is 1. The van der Waals surface area contributed by atoms with Gasteiger partial charge in [0.2, 0.25) is 0 Å². The second-order valence-electron chi connectivity index (χ2n) is 6.51. The van der Waals surface area contributed by atoms with E-state index in [2.05, 4.69) is 16.4 Å². The molecular weight excluding hydrogens is 316 g/mol. The minimum atomic E-state index is 0.131. The first-order valence-corrected chi connectivity index (χ1v) is 8.88. The van der Waals surface area contributed by atoms with E-state index in [1.807, 2.05) is 30.3 Å². The molecule has 1 aliphatic rings. The zero-order chi connectivity index (χ0) is 17.1. The molecule has 0 amide bonds. The molecule has 0 bridgehead atoms. The Morgan fingerprint density at radius 2 is 2.12 bits per heavy atom. The first kappa shape index (κ1) is 16.2. The van der Waals surface area contributed by atoms with Crippen LogP contribution < -0.4 is 10.1 Å². The third kappa shape index (κ3) is 3.72. The van der Waals surface area contributed by atoms with Gasteiger partial charge in [0, 0.05) is 29.7 Å². The summed E-state index contributed by atoms with van der Waals surface area (Å²) in [6, 6.07) is 12.3. The molecule has 3 aromatic rings. The van der Waals surface area contributed by atoms with E-state index in [0.29, 0.717) is 6.54 Å². The number of ether oxygens (including phenoxy) is 2. The highest BCUT2D eigenvalue weighted by molar-refractivity contribution is 5.81. The third-order valence-electron chi connectivity index (χ3n) is 4.68. The molecule has 4 rings (SSSR count). The van der Waals surface area contributed by atoms with Crippen molar-refractivity contribution in [3.05, 3.63) is 53.6 Å². The van der Waals surface area contributed by atoms with E-state index >= 15 is 0 Å². The molecule has 2 N–H and O–H groups in total. The van der Waals surface area contributed by atoms with E-state index in [9.17, 15) is 0 Å². The van der Waals surface area contributed by atoms with Crippen LogP contribution in [0.1, 0.15) is 42.6 Å². The second-order valence-corrected chi connectivity index (χ2v) is 6.51. The van der Waals surface area contributed by atoms with Crippen molar-refractivity contribution in [2.45, 2.75) is 38.5 Å². The maximum atomic E-state index is 5.94. The van der Waals surface area contributed by atoms with Gasteiger partial charge in [-0.1, -0.05) is 0 Å². The van der Waals surface area contributed by atoms with Crippen molar-refractivity contribution in [1.82, 2.24) is 10.3 Å². The molecular formula is C20H24N2O3. The normalized spacial score (nSPS) is 17.9. The second kappa shape index (κ2) is 7.33. The highest BCUT2D eigenvalue weighted by Crippen LogP contribution is 2.29. The van der Waals surface area contributed by atoms with Gasteiger partial charge in [0.1, 0.15) is 23.4 Å². The molecule has 1 unspecified atom stereocenters. The fourth-order valence-corrected chi connectivity index (χ4v) is 3.34. The Bertz CT molecular complexity index is 830. The van der Waals surface area contributed by atoms with Gasteiger partial charge in [-0.05, 0) is 55.7 Å². The van der Waals surface area contributed by atoms with E-state index in [-0.39, 0.29) is 6.10 Å². The molecule has 5 heteroatoms. The Morgan fingerprint density at radius 3 is 2.96 bits per heavy atom. The topological polar surface area (TPSA) is 59.4 Å². The lowest BCUT2D eigenvalue weighted by molar-refractivity contribution is 0.00122. The van der Waals surface area contributed by atoms with Crippen LogP contribution in [0.15, 0.2) is 40.8 Å². The number of furan rings is 1. The molecule has 0 radical (unpaired) electrons. The fourth-order valence-electron chi connectivity index (χ4n) is 3.34. The van der Waals surface area contributed by atoms with Crippen molar-refractivity contribution in [2.24, 2.45) is 0 Å². The van der Waals surface area contributed by atoms with E-state index in [4.69, 9.17) is 13.9 Å². The molecule has 1 saturated heterocycles. The third-order valence-corrected chi connectivity index (χ3v) is 4.68. The van der Waals surface area contributed by atoms with Crippen molar-refractivity contribution in [3.8, 4) is 5.75 Å². The Labute approximate surface area is 147 Å². The summed E-state index contributed by atoms with van der Waals surface area (Å²) in [4.78, 5) is 3.42. The average Bonchev–Trinajstić information content (AvgIpc) is 3.28. The largest absolute Gasteiger partial charge is 0.497 e. The molecule has 25 heavy (non-hydrogen) atoms. The fraction of sp³-hybridized carbons (Fsp3) is 0.400. The predicted octanol–water partition coefficient (Wildman–Crippen LogP) is 4.30. The Hall–Kier alpha value is -2.24. The van der Waals surface area contributed by atoms with Gasteiger partial charge < -0.3 is 24.2 Å². The number of hydrogen-bond donors (Lipinski definition) is 2. The summed E-state index contributed by atoms with van der Waals surface area (Å²) >= 11 is 0. The Balaban J connectivity index is 1.33. The lowest BCUT2D eigenvalue weighted by atomic mass is 10.1. The minimum absolute atomic E-state index is 0.131. The summed E-state index contributed by atoms with van der Waals surface area (Å²) in [7, 11) is 1.69. The van der Waals surface area contributed by atoms with Crippen molar-refractivity contribution in [2.75, 3.05) is 13.7 Å². The van der Waals surface area contributed by atoms with Crippen LogP contribution in [0.3, 0.4) is 0 Å². The summed E-state index contributed by atoms with van der Waals surface area (Å²) < 4.78 is 17.0. The highest BCUT2D eigenvalue weighted by Gasteiger charge is 2.19. The Morgan fingerprint density at radius 1 is 1.16 bits per heavy atom.